The normalized spacial score (nSPS) is 18.5. The van der Waals surface area contributed by atoms with E-state index >= 15 is 0 Å². The Morgan fingerprint density at radius 3 is 2.68 bits per heavy atom. The van der Waals surface area contributed by atoms with Gasteiger partial charge in [0.2, 0.25) is 0 Å². The molecule has 0 saturated heterocycles. The van der Waals surface area contributed by atoms with Crippen LogP contribution in [0.5, 0.6) is 5.75 Å². The van der Waals surface area contributed by atoms with Gasteiger partial charge in [-0.05, 0) is 37.3 Å². The predicted molar refractivity (Wildman–Crippen MR) is 96.5 cm³/mol. The quantitative estimate of drug-likeness (QED) is 0.788. The lowest BCUT2D eigenvalue weighted by molar-refractivity contribution is 0.102. The molecule has 5 heteroatoms. The third-order valence-corrected chi connectivity index (χ3v) is 4.72. The summed E-state index contributed by atoms with van der Waals surface area (Å²) < 4.78 is 7.82. The van der Waals surface area contributed by atoms with Crippen molar-refractivity contribution in [3.63, 3.8) is 0 Å². The lowest BCUT2D eigenvalue weighted by atomic mass is 9.97. The van der Waals surface area contributed by atoms with Crippen LogP contribution in [0.2, 0.25) is 0 Å². The number of aromatic nitrogens is 2. The number of rotatable bonds is 3. The second-order valence-electron chi connectivity index (χ2n) is 6.31. The molecule has 1 N–H and O–H groups in total. The second kappa shape index (κ2) is 6.09. The van der Waals surface area contributed by atoms with Gasteiger partial charge in [-0.2, -0.15) is 0 Å². The van der Waals surface area contributed by atoms with Gasteiger partial charge in [-0.3, -0.25) is 4.79 Å². The van der Waals surface area contributed by atoms with E-state index in [9.17, 15) is 4.79 Å². The SMILES string of the molecule is CC1Oc2c(C(=O)Nc3ccc(-n4ccnc4)cc3)cccc2C1C. The summed E-state index contributed by atoms with van der Waals surface area (Å²) in [7, 11) is 0. The van der Waals surface area contributed by atoms with Crippen molar-refractivity contribution in [3.05, 3.63) is 72.3 Å². The first kappa shape index (κ1) is 15.4. The Kier molecular flexibility index (Phi) is 3.76. The number of nitrogens with zero attached hydrogens (tertiary/aromatic N) is 2. The number of hydrogen-bond acceptors (Lipinski definition) is 3. The van der Waals surface area contributed by atoms with E-state index in [4.69, 9.17) is 4.74 Å². The molecule has 5 nitrogen and oxygen atoms in total. The number of carbonyl (C=O) groups excluding carboxylic acids is 1. The highest BCUT2D eigenvalue weighted by molar-refractivity contribution is 6.06. The van der Waals surface area contributed by atoms with Gasteiger partial charge in [0.15, 0.2) is 0 Å². The molecule has 0 bridgehead atoms. The zero-order valence-corrected chi connectivity index (χ0v) is 14.1. The van der Waals surface area contributed by atoms with E-state index in [1.165, 1.54) is 0 Å². The van der Waals surface area contributed by atoms with Gasteiger partial charge in [0.25, 0.3) is 5.91 Å². The third-order valence-electron chi connectivity index (χ3n) is 4.72. The van der Waals surface area contributed by atoms with Gasteiger partial charge < -0.3 is 14.6 Å². The predicted octanol–water partition coefficient (Wildman–Crippen LogP) is 4.01. The highest BCUT2D eigenvalue weighted by Crippen LogP contribution is 2.40. The second-order valence-corrected chi connectivity index (χ2v) is 6.31. The van der Waals surface area contributed by atoms with Crippen LogP contribution in [0, 0.1) is 0 Å². The van der Waals surface area contributed by atoms with Crippen LogP contribution in [0.3, 0.4) is 0 Å². The van der Waals surface area contributed by atoms with Crippen molar-refractivity contribution < 1.29 is 9.53 Å². The zero-order chi connectivity index (χ0) is 17.4. The minimum Gasteiger partial charge on any atom is -0.489 e. The number of ether oxygens (including phenoxy) is 1. The number of carbonyl (C=O) groups is 1. The van der Waals surface area contributed by atoms with Gasteiger partial charge in [-0.25, -0.2) is 4.98 Å². The molecule has 2 aromatic carbocycles. The Morgan fingerprint density at radius 1 is 1.16 bits per heavy atom. The van der Waals surface area contributed by atoms with Crippen LogP contribution in [0.1, 0.15) is 35.7 Å². The Bertz CT molecular complexity index is 901. The maximum Gasteiger partial charge on any atom is 0.259 e. The third kappa shape index (κ3) is 2.78. The van der Waals surface area contributed by atoms with Crippen molar-refractivity contribution in [1.29, 1.82) is 0 Å². The molecule has 0 saturated carbocycles. The minimum atomic E-state index is -0.159. The number of anilines is 1. The summed E-state index contributed by atoms with van der Waals surface area (Å²) in [5, 5.41) is 2.95. The van der Waals surface area contributed by atoms with Crippen LogP contribution in [-0.4, -0.2) is 21.6 Å². The minimum absolute atomic E-state index is 0.0819. The van der Waals surface area contributed by atoms with E-state index in [-0.39, 0.29) is 17.9 Å². The molecule has 126 valence electrons. The molecule has 25 heavy (non-hydrogen) atoms. The number of nitrogens with one attached hydrogen (secondary N) is 1. The molecule has 0 spiro atoms. The highest BCUT2D eigenvalue weighted by atomic mass is 16.5. The maximum atomic E-state index is 12.7. The fraction of sp³-hybridized carbons (Fsp3) is 0.200. The molecule has 0 aliphatic carbocycles. The Labute approximate surface area is 146 Å². The first-order chi connectivity index (χ1) is 12.1. The van der Waals surface area contributed by atoms with E-state index in [1.807, 2.05) is 54.1 Å². The van der Waals surface area contributed by atoms with Gasteiger partial charge in [-0.15, -0.1) is 0 Å². The molecule has 0 radical (unpaired) electrons. The number of imidazole rings is 1. The molecule has 2 unspecified atom stereocenters. The number of benzene rings is 2. The first-order valence-corrected chi connectivity index (χ1v) is 8.33. The largest absolute Gasteiger partial charge is 0.489 e. The Morgan fingerprint density at radius 2 is 1.96 bits per heavy atom. The number of para-hydroxylation sites is 1. The molecule has 0 fully saturated rings. The van der Waals surface area contributed by atoms with Crippen molar-refractivity contribution in [2.45, 2.75) is 25.9 Å². The van der Waals surface area contributed by atoms with Crippen molar-refractivity contribution in [2.24, 2.45) is 0 Å². The van der Waals surface area contributed by atoms with E-state index in [0.29, 0.717) is 11.3 Å². The topological polar surface area (TPSA) is 56.1 Å². The van der Waals surface area contributed by atoms with Crippen LogP contribution >= 0.6 is 0 Å². The first-order valence-electron chi connectivity index (χ1n) is 8.33. The molecular weight excluding hydrogens is 314 g/mol. The van der Waals surface area contributed by atoms with Crippen molar-refractivity contribution in [1.82, 2.24) is 9.55 Å². The number of hydrogen-bond donors (Lipinski definition) is 1. The Balaban J connectivity index is 1.55. The van der Waals surface area contributed by atoms with Crippen LogP contribution in [-0.2, 0) is 0 Å². The van der Waals surface area contributed by atoms with E-state index < -0.39 is 0 Å². The highest BCUT2D eigenvalue weighted by Gasteiger charge is 2.31. The molecule has 4 rings (SSSR count). The number of fused-ring (bicyclic) bond motifs is 1. The molecule has 2 atom stereocenters. The van der Waals surface area contributed by atoms with Crippen molar-refractivity contribution >= 4 is 11.6 Å². The van der Waals surface area contributed by atoms with Crippen LogP contribution in [0.25, 0.3) is 5.69 Å². The summed E-state index contributed by atoms with van der Waals surface area (Å²) in [6.07, 6.45) is 5.42. The van der Waals surface area contributed by atoms with Crippen LogP contribution in [0.4, 0.5) is 5.69 Å². The molecule has 3 aromatic rings. The van der Waals surface area contributed by atoms with Crippen LogP contribution in [0.15, 0.2) is 61.2 Å². The maximum absolute atomic E-state index is 12.7. The molecule has 1 aliphatic heterocycles. The lowest BCUT2D eigenvalue weighted by Gasteiger charge is -2.10. The summed E-state index contributed by atoms with van der Waals surface area (Å²) >= 11 is 0. The van der Waals surface area contributed by atoms with Crippen molar-refractivity contribution in [2.75, 3.05) is 5.32 Å². The van der Waals surface area contributed by atoms with Crippen molar-refractivity contribution in [3.8, 4) is 11.4 Å². The van der Waals surface area contributed by atoms with Gasteiger partial charge in [0, 0.05) is 35.2 Å². The van der Waals surface area contributed by atoms with Gasteiger partial charge in [-0.1, -0.05) is 19.1 Å². The Hall–Kier alpha value is -3.08. The molecular formula is C20H19N3O2. The van der Waals surface area contributed by atoms with Crippen LogP contribution < -0.4 is 10.1 Å². The summed E-state index contributed by atoms with van der Waals surface area (Å²) in [5.41, 5.74) is 3.40. The summed E-state index contributed by atoms with van der Waals surface area (Å²) in [6.45, 7) is 4.15. The fourth-order valence-corrected chi connectivity index (χ4v) is 3.09. The monoisotopic (exact) mass is 333 g/mol. The summed E-state index contributed by atoms with van der Waals surface area (Å²) in [6, 6.07) is 13.4. The lowest BCUT2D eigenvalue weighted by Crippen LogP contribution is -2.14. The smallest absolute Gasteiger partial charge is 0.259 e. The average molecular weight is 333 g/mol. The molecule has 1 amide bonds. The van der Waals surface area contributed by atoms with E-state index in [1.54, 1.807) is 18.6 Å². The fourth-order valence-electron chi connectivity index (χ4n) is 3.09. The number of amides is 1. The molecule has 2 heterocycles. The molecule has 1 aliphatic rings. The van der Waals surface area contributed by atoms with Gasteiger partial charge in [0.1, 0.15) is 11.9 Å². The van der Waals surface area contributed by atoms with E-state index in [2.05, 4.69) is 17.2 Å². The summed E-state index contributed by atoms with van der Waals surface area (Å²) in [4.78, 5) is 16.7. The zero-order valence-electron chi connectivity index (χ0n) is 14.1. The standard InChI is InChI=1S/C20H19N3O2/c1-13-14(2)25-19-17(13)4-3-5-18(19)20(24)22-15-6-8-16(9-7-15)23-11-10-21-12-23/h3-14H,1-2H3,(H,22,24). The average Bonchev–Trinajstić information content (AvgIpc) is 3.25. The van der Waals surface area contributed by atoms with E-state index in [0.717, 1.165) is 16.9 Å². The van der Waals surface area contributed by atoms with Gasteiger partial charge >= 0.3 is 0 Å². The summed E-state index contributed by atoms with van der Waals surface area (Å²) in [5.74, 6) is 0.834. The molecule has 1 aromatic heterocycles. The van der Waals surface area contributed by atoms with Gasteiger partial charge in [0.05, 0.1) is 11.9 Å².